The Labute approximate surface area is 105 Å². The Morgan fingerprint density at radius 1 is 1.07 bits per heavy atom. The van der Waals surface area contributed by atoms with Gasteiger partial charge in [0.05, 0.1) is 0 Å². The molecule has 0 aromatic rings. The largest absolute Gasteiger partial charge is 0.315 e. The number of piperazine rings is 1. The van der Waals surface area contributed by atoms with Gasteiger partial charge in [-0.3, -0.25) is 4.90 Å². The minimum Gasteiger partial charge on any atom is -0.315 e. The van der Waals surface area contributed by atoms with Gasteiger partial charge in [0.1, 0.15) is 0 Å². The highest BCUT2D eigenvalue weighted by atomic mass is 35.5. The van der Waals surface area contributed by atoms with Gasteiger partial charge in [-0.25, -0.2) is 0 Å². The first kappa shape index (κ1) is 15.5. The summed E-state index contributed by atoms with van der Waals surface area (Å²) in [4.78, 5) is 5.08. The third-order valence-electron chi connectivity index (χ3n) is 3.33. The quantitative estimate of drug-likeness (QED) is 0.749. The van der Waals surface area contributed by atoms with E-state index in [2.05, 4.69) is 22.2 Å². The summed E-state index contributed by atoms with van der Waals surface area (Å²) in [6.07, 6.45) is 2.76. The van der Waals surface area contributed by atoms with E-state index in [0.29, 0.717) is 0 Å². The van der Waals surface area contributed by atoms with Gasteiger partial charge in [-0.2, -0.15) is 0 Å². The summed E-state index contributed by atoms with van der Waals surface area (Å²) in [7, 11) is 2.22. The van der Waals surface area contributed by atoms with E-state index in [1.54, 1.807) is 0 Å². The number of hydrogen-bond donors (Lipinski definition) is 1. The zero-order valence-corrected chi connectivity index (χ0v) is 11.1. The van der Waals surface area contributed by atoms with Gasteiger partial charge < -0.3 is 10.2 Å². The van der Waals surface area contributed by atoms with E-state index in [-0.39, 0.29) is 24.8 Å². The maximum atomic E-state index is 3.49. The predicted molar refractivity (Wildman–Crippen MR) is 69.5 cm³/mol. The summed E-state index contributed by atoms with van der Waals surface area (Å²) in [5.41, 5.74) is 0. The van der Waals surface area contributed by atoms with E-state index in [0.717, 1.165) is 6.04 Å². The molecule has 1 atom stereocenters. The van der Waals surface area contributed by atoms with Crippen molar-refractivity contribution in [3.63, 3.8) is 0 Å². The van der Waals surface area contributed by atoms with Crippen molar-refractivity contribution in [2.45, 2.75) is 18.9 Å². The molecule has 0 saturated carbocycles. The third-order valence-corrected chi connectivity index (χ3v) is 3.33. The van der Waals surface area contributed by atoms with Gasteiger partial charge in [0, 0.05) is 38.8 Å². The third kappa shape index (κ3) is 4.45. The van der Waals surface area contributed by atoms with Crippen LogP contribution in [0.2, 0.25) is 0 Å². The number of halogens is 2. The Morgan fingerprint density at radius 3 is 2.27 bits per heavy atom. The van der Waals surface area contributed by atoms with Crippen LogP contribution in [0.25, 0.3) is 0 Å². The van der Waals surface area contributed by atoms with Gasteiger partial charge in [0.15, 0.2) is 0 Å². The van der Waals surface area contributed by atoms with Gasteiger partial charge in [0.25, 0.3) is 0 Å². The Balaban J connectivity index is 0.000000980. The Hall–Kier alpha value is 0.460. The molecule has 2 saturated heterocycles. The van der Waals surface area contributed by atoms with Crippen molar-refractivity contribution in [2.75, 3.05) is 46.3 Å². The first-order valence-corrected chi connectivity index (χ1v) is 5.49. The minimum atomic E-state index is 0. The highest BCUT2D eigenvalue weighted by molar-refractivity contribution is 5.85. The minimum absolute atomic E-state index is 0. The van der Waals surface area contributed by atoms with E-state index in [1.165, 1.54) is 52.1 Å². The van der Waals surface area contributed by atoms with Crippen molar-refractivity contribution in [2.24, 2.45) is 0 Å². The van der Waals surface area contributed by atoms with E-state index >= 15 is 0 Å². The molecule has 0 aromatic heterocycles. The van der Waals surface area contributed by atoms with Crippen LogP contribution in [-0.2, 0) is 0 Å². The van der Waals surface area contributed by atoms with Crippen molar-refractivity contribution >= 4 is 24.8 Å². The second-order valence-corrected chi connectivity index (χ2v) is 4.34. The fraction of sp³-hybridized carbons (Fsp3) is 1.00. The monoisotopic (exact) mass is 255 g/mol. The lowest BCUT2D eigenvalue weighted by Gasteiger charge is -2.39. The van der Waals surface area contributed by atoms with Crippen molar-refractivity contribution in [3.8, 4) is 0 Å². The molecule has 0 aliphatic carbocycles. The number of rotatable bonds is 1. The molecule has 15 heavy (non-hydrogen) atoms. The zero-order valence-electron chi connectivity index (χ0n) is 9.45. The van der Waals surface area contributed by atoms with Crippen LogP contribution < -0.4 is 5.32 Å². The second kappa shape index (κ2) is 7.69. The Kier molecular flexibility index (Phi) is 7.92. The summed E-state index contributed by atoms with van der Waals surface area (Å²) in [6, 6.07) is 0.822. The highest BCUT2D eigenvalue weighted by Crippen LogP contribution is 2.12. The van der Waals surface area contributed by atoms with Gasteiger partial charge in [-0.1, -0.05) is 0 Å². The van der Waals surface area contributed by atoms with E-state index in [9.17, 15) is 0 Å². The first-order chi connectivity index (χ1) is 6.36. The van der Waals surface area contributed by atoms with Crippen LogP contribution in [0, 0.1) is 0 Å². The summed E-state index contributed by atoms with van der Waals surface area (Å²) >= 11 is 0. The van der Waals surface area contributed by atoms with Crippen molar-refractivity contribution in [1.29, 1.82) is 0 Å². The molecule has 2 heterocycles. The normalized spacial score (nSPS) is 29.0. The van der Waals surface area contributed by atoms with E-state index in [1.807, 2.05) is 0 Å². The molecular weight excluding hydrogens is 233 g/mol. The van der Waals surface area contributed by atoms with Crippen LogP contribution in [0.15, 0.2) is 0 Å². The van der Waals surface area contributed by atoms with Crippen LogP contribution in [0.5, 0.6) is 0 Å². The number of piperidine rings is 1. The maximum absolute atomic E-state index is 3.49. The number of nitrogens with zero attached hydrogens (tertiary/aromatic N) is 2. The number of likely N-dealkylation sites (N-methyl/N-ethyl adjacent to an activating group) is 1. The van der Waals surface area contributed by atoms with Crippen molar-refractivity contribution in [3.05, 3.63) is 0 Å². The van der Waals surface area contributed by atoms with Crippen LogP contribution in [0.1, 0.15) is 12.8 Å². The van der Waals surface area contributed by atoms with Crippen LogP contribution in [-0.4, -0.2) is 62.2 Å². The van der Waals surface area contributed by atoms with Crippen LogP contribution in [0.4, 0.5) is 0 Å². The predicted octanol–water partition coefficient (Wildman–Crippen LogP) is 0.829. The average Bonchev–Trinajstić information content (AvgIpc) is 2.20. The zero-order chi connectivity index (χ0) is 9.10. The molecule has 0 bridgehead atoms. The van der Waals surface area contributed by atoms with Crippen molar-refractivity contribution < 1.29 is 0 Å². The van der Waals surface area contributed by atoms with Crippen LogP contribution >= 0.6 is 24.8 Å². The molecule has 1 unspecified atom stereocenters. The summed E-state index contributed by atoms with van der Waals surface area (Å²) in [6.45, 7) is 7.46. The summed E-state index contributed by atoms with van der Waals surface area (Å²) in [5, 5.41) is 3.49. The Bertz CT molecular complexity index is 155. The Morgan fingerprint density at radius 2 is 1.73 bits per heavy atom. The molecule has 1 N–H and O–H groups in total. The lowest BCUT2D eigenvalue weighted by Crippen LogP contribution is -2.53. The topological polar surface area (TPSA) is 18.5 Å². The molecule has 2 aliphatic rings. The molecule has 5 heteroatoms. The standard InChI is InChI=1S/C10H21N3.2ClH/c1-12-5-7-13(8-6-12)10-3-2-4-11-9-10;;/h10-11H,2-9H2,1H3;2*1H. The fourth-order valence-electron chi connectivity index (χ4n) is 2.33. The van der Waals surface area contributed by atoms with Gasteiger partial charge in [0.2, 0.25) is 0 Å². The number of nitrogens with one attached hydrogen (secondary N) is 1. The van der Waals surface area contributed by atoms with Gasteiger partial charge in [-0.15, -0.1) is 24.8 Å². The lowest BCUT2D eigenvalue weighted by atomic mass is 10.1. The number of hydrogen-bond acceptors (Lipinski definition) is 3. The maximum Gasteiger partial charge on any atom is 0.0222 e. The molecule has 2 aliphatic heterocycles. The second-order valence-electron chi connectivity index (χ2n) is 4.34. The smallest absolute Gasteiger partial charge is 0.0222 e. The molecule has 0 amide bonds. The molecule has 2 rings (SSSR count). The lowest BCUT2D eigenvalue weighted by molar-refractivity contribution is 0.0974. The molecule has 92 valence electrons. The van der Waals surface area contributed by atoms with E-state index in [4.69, 9.17) is 0 Å². The molecule has 0 radical (unpaired) electrons. The SMILES string of the molecule is CN1CCN(C2CCCNC2)CC1.Cl.Cl. The molecule has 2 fully saturated rings. The van der Waals surface area contributed by atoms with Gasteiger partial charge in [-0.05, 0) is 26.4 Å². The summed E-state index contributed by atoms with van der Waals surface area (Å²) < 4.78 is 0. The molecule has 0 spiro atoms. The molecule has 0 aromatic carbocycles. The van der Waals surface area contributed by atoms with E-state index < -0.39 is 0 Å². The highest BCUT2D eigenvalue weighted by Gasteiger charge is 2.23. The van der Waals surface area contributed by atoms with Crippen LogP contribution in [0.3, 0.4) is 0 Å². The molecular formula is C10H23Cl2N3. The average molecular weight is 256 g/mol. The fourth-order valence-corrected chi connectivity index (χ4v) is 2.33. The first-order valence-electron chi connectivity index (χ1n) is 5.49. The van der Waals surface area contributed by atoms with Crippen molar-refractivity contribution in [1.82, 2.24) is 15.1 Å². The molecule has 3 nitrogen and oxygen atoms in total. The summed E-state index contributed by atoms with van der Waals surface area (Å²) in [5.74, 6) is 0. The van der Waals surface area contributed by atoms with Gasteiger partial charge >= 0.3 is 0 Å².